The molecule has 1 atom stereocenters. The average Bonchev–Trinajstić information content (AvgIpc) is 3.41. The normalized spacial score (nSPS) is 15.7. The lowest BCUT2D eigenvalue weighted by Crippen LogP contribution is -2.31. The smallest absolute Gasteiger partial charge is 0.226 e. The van der Waals surface area contributed by atoms with Crippen molar-refractivity contribution in [1.82, 2.24) is 15.1 Å². The minimum absolute atomic E-state index is 0.0312. The fourth-order valence-corrected chi connectivity index (χ4v) is 3.82. The Kier molecular flexibility index (Phi) is 6.85. The quantitative estimate of drug-likeness (QED) is 0.557. The van der Waals surface area contributed by atoms with Crippen LogP contribution in [0.2, 0.25) is 0 Å². The molecule has 4 rings (SSSR count). The summed E-state index contributed by atoms with van der Waals surface area (Å²) in [5.74, 6) is 0.897. The number of ether oxygens (including phenoxy) is 2. The zero-order chi connectivity index (χ0) is 22.5. The minimum Gasteiger partial charge on any atom is -0.438 e. The van der Waals surface area contributed by atoms with Crippen molar-refractivity contribution in [3.05, 3.63) is 71.2 Å². The molecule has 0 spiro atoms. The summed E-state index contributed by atoms with van der Waals surface area (Å²) in [6, 6.07) is 13.8. The molecule has 7 heteroatoms. The van der Waals surface area contributed by atoms with Crippen LogP contribution in [0.15, 0.2) is 48.5 Å². The molecule has 1 aromatic heterocycles. The lowest BCUT2D eigenvalue weighted by atomic mass is 10.1. The van der Waals surface area contributed by atoms with Gasteiger partial charge in [0.2, 0.25) is 11.8 Å². The number of benzene rings is 2. The topological polar surface area (TPSA) is 65.4 Å². The third-order valence-electron chi connectivity index (χ3n) is 5.66. The largest absolute Gasteiger partial charge is 0.438 e. The summed E-state index contributed by atoms with van der Waals surface area (Å²) in [7, 11) is 0. The maximum atomic E-state index is 13.5. The van der Waals surface area contributed by atoms with E-state index in [1.54, 1.807) is 16.8 Å². The molecule has 1 aliphatic rings. The molecular formula is C25H28FN3O3. The number of para-hydroxylation sites is 1. The van der Waals surface area contributed by atoms with Crippen molar-refractivity contribution in [3.8, 4) is 17.3 Å². The summed E-state index contributed by atoms with van der Waals surface area (Å²) in [5, 5.41) is 7.60. The maximum Gasteiger partial charge on any atom is 0.226 e. The molecule has 0 saturated carbocycles. The number of carbonyl (C=O) groups is 1. The van der Waals surface area contributed by atoms with Crippen molar-refractivity contribution in [2.75, 3.05) is 13.2 Å². The number of hydrogen-bond acceptors (Lipinski definition) is 4. The van der Waals surface area contributed by atoms with Crippen LogP contribution in [-0.4, -0.2) is 34.9 Å². The Labute approximate surface area is 187 Å². The minimum atomic E-state index is -0.317. The van der Waals surface area contributed by atoms with Crippen LogP contribution >= 0.6 is 0 Å². The van der Waals surface area contributed by atoms with E-state index in [-0.39, 0.29) is 17.8 Å². The van der Waals surface area contributed by atoms with Crippen molar-refractivity contribution in [1.29, 1.82) is 0 Å². The molecule has 2 aromatic carbocycles. The van der Waals surface area contributed by atoms with Crippen LogP contribution in [0.3, 0.4) is 0 Å². The Hall–Kier alpha value is -3.19. The lowest BCUT2D eigenvalue weighted by Gasteiger charge is -2.13. The molecule has 0 unspecified atom stereocenters. The maximum absolute atomic E-state index is 13.5. The standard InChI is InChI=1S/C25H28FN3O3/c1-17-6-3-4-8-23(17)32-25-22(13-14-24(30)27-16-21-7-5-15-31-21)18(2)28-29(25)20-11-9-19(26)10-12-20/h3-4,6,8-12,21H,5,7,13-16H2,1-2H3,(H,27,30)/t21-/m0/s1. The molecule has 0 bridgehead atoms. The molecule has 0 aliphatic carbocycles. The van der Waals surface area contributed by atoms with Crippen LogP contribution < -0.4 is 10.1 Å². The van der Waals surface area contributed by atoms with Gasteiger partial charge in [0, 0.05) is 25.1 Å². The molecule has 1 amide bonds. The van der Waals surface area contributed by atoms with E-state index in [0.717, 1.165) is 36.3 Å². The summed E-state index contributed by atoms with van der Waals surface area (Å²) in [4.78, 5) is 12.4. The van der Waals surface area contributed by atoms with Crippen molar-refractivity contribution < 1.29 is 18.7 Å². The molecule has 6 nitrogen and oxygen atoms in total. The average molecular weight is 438 g/mol. The van der Waals surface area contributed by atoms with Gasteiger partial charge in [-0.1, -0.05) is 18.2 Å². The highest BCUT2D eigenvalue weighted by atomic mass is 19.1. The summed E-state index contributed by atoms with van der Waals surface area (Å²) in [5.41, 5.74) is 3.29. The van der Waals surface area contributed by atoms with E-state index in [9.17, 15) is 9.18 Å². The number of carbonyl (C=O) groups excluding carboxylic acids is 1. The molecule has 32 heavy (non-hydrogen) atoms. The molecule has 1 fully saturated rings. The number of halogens is 1. The SMILES string of the molecule is Cc1ccccc1Oc1c(CCC(=O)NC[C@@H]2CCCO2)c(C)nn1-c1ccc(F)cc1. The highest BCUT2D eigenvalue weighted by molar-refractivity contribution is 5.76. The predicted molar refractivity (Wildman–Crippen MR) is 120 cm³/mol. The first kappa shape index (κ1) is 22.0. The van der Waals surface area contributed by atoms with Gasteiger partial charge in [0.05, 0.1) is 17.5 Å². The van der Waals surface area contributed by atoms with Crippen molar-refractivity contribution >= 4 is 5.91 Å². The monoisotopic (exact) mass is 437 g/mol. The van der Waals surface area contributed by atoms with Gasteiger partial charge in [-0.2, -0.15) is 5.10 Å². The number of amides is 1. The van der Waals surface area contributed by atoms with Gasteiger partial charge in [0.15, 0.2) is 0 Å². The Morgan fingerprint density at radius 3 is 2.72 bits per heavy atom. The summed E-state index contributed by atoms with van der Waals surface area (Å²) < 4.78 is 27.0. The van der Waals surface area contributed by atoms with E-state index in [0.29, 0.717) is 36.7 Å². The van der Waals surface area contributed by atoms with Gasteiger partial charge in [-0.25, -0.2) is 9.07 Å². The van der Waals surface area contributed by atoms with Crippen molar-refractivity contribution in [2.24, 2.45) is 0 Å². The van der Waals surface area contributed by atoms with Crippen LogP contribution in [0.4, 0.5) is 4.39 Å². The predicted octanol–water partition coefficient (Wildman–Crippen LogP) is 4.65. The van der Waals surface area contributed by atoms with Crippen LogP contribution in [0.5, 0.6) is 11.6 Å². The Morgan fingerprint density at radius 1 is 1.22 bits per heavy atom. The van der Waals surface area contributed by atoms with E-state index >= 15 is 0 Å². The Balaban J connectivity index is 1.56. The third kappa shape index (κ3) is 5.16. The van der Waals surface area contributed by atoms with E-state index in [1.807, 2.05) is 38.1 Å². The Morgan fingerprint density at radius 2 is 2.00 bits per heavy atom. The molecular weight excluding hydrogens is 409 g/mol. The number of hydrogen-bond donors (Lipinski definition) is 1. The number of aryl methyl sites for hydroxylation is 2. The second kappa shape index (κ2) is 9.96. The van der Waals surface area contributed by atoms with E-state index in [2.05, 4.69) is 10.4 Å². The summed E-state index contributed by atoms with van der Waals surface area (Å²) in [6.45, 7) is 5.17. The van der Waals surface area contributed by atoms with Gasteiger partial charge < -0.3 is 14.8 Å². The van der Waals surface area contributed by atoms with Crippen LogP contribution in [0.1, 0.15) is 36.1 Å². The number of nitrogens with zero attached hydrogens (tertiary/aromatic N) is 2. The zero-order valence-corrected chi connectivity index (χ0v) is 18.4. The first-order chi connectivity index (χ1) is 15.5. The van der Waals surface area contributed by atoms with E-state index < -0.39 is 0 Å². The number of nitrogens with one attached hydrogen (secondary N) is 1. The van der Waals surface area contributed by atoms with Crippen LogP contribution in [0.25, 0.3) is 5.69 Å². The first-order valence-corrected chi connectivity index (χ1v) is 11.0. The van der Waals surface area contributed by atoms with Crippen LogP contribution in [0, 0.1) is 19.7 Å². The van der Waals surface area contributed by atoms with Crippen LogP contribution in [-0.2, 0) is 16.0 Å². The molecule has 1 aliphatic heterocycles. The summed E-state index contributed by atoms with van der Waals surface area (Å²) in [6.07, 6.45) is 2.93. The number of rotatable bonds is 8. The molecule has 0 radical (unpaired) electrons. The Bertz CT molecular complexity index is 1070. The van der Waals surface area contributed by atoms with Gasteiger partial charge in [-0.05, 0) is 69.0 Å². The fourth-order valence-electron chi connectivity index (χ4n) is 3.82. The molecule has 1 N–H and O–H groups in total. The zero-order valence-electron chi connectivity index (χ0n) is 18.4. The highest BCUT2D eigenvalue weighted by Gasteiger charge is 2.21. The summed E-state index contributed by atoms with van der Waals surface area (Å²) >= 11 is 0. The van der Waals surface area contributed by atoms with Gasteiger partial charge in [0.1, 0.15) is 11.6 Å². The molecule has 1 saturated heterocycles. The third-order valence-corrected chi connectivity index (χ3v) is 5.66. The second-order valence-corrected chi connectivity index (χ2v) is 8.06. The van der Waals surface area contributed by atoms with E-state index in [4.69, 9.17) is 9.47 Å². The number of aromatic nitrogens is 2. The van der Waals surface area contributed by atoms with E-state index in [1.165, 1.54) is 12.1 Å². The van der Waals surface area contributed by atoms with Gasteiger partial charge >= 0.3 is 0 Å². The molecule has 2 heterocycles. The van der Waals surface area contributed by atoms with Crippen molar-refractivity contribution in [3.63, 3.8) is 0 Å². The molecule has 168 valence electrons. The van der Waals surface area contributed by atoms with Gasteiger partial charge in [-0.3, -0.25) is 4.79 Å². The first-order valence-electron chi connectivity index (χ1n) is 11.0. The van der Waals surface area contributed by atoms with Gasteiger partial charge in [0.25, 0.3) is 0 Å². The fraction of sp³-hybridized carbons (Fsp3) is 0.360. The van der Waals surface area contributed by atoms with Crippen molar-refractivity contribution in [2.45, 2.75) is 45.6 Å². The van der Waals surface area contributed by atoms with Gasteiger partial charge in [-0.15, -0.1) is 0 Å². The molecule has 3 aromatic rings. The second-order valence-electron chi connectivity index (χ2n) is 8.06. The lowest BCUT2D eigenvalue weighted by molar-refractivity contribution is -0.121. The highest BCUT2D eigenvalue weighted by Crippen LogP contribution is 2.33.